The monoisotopic (exact) mass is 230 g/mol. The van der Waals surface area contributed by atoms with Gasteiger partial charge in [-0.15, -0.1) is 0 Å². The molecule has 1 aliphatic rings. The highest BCUT2D eigenvalue weighted by Gasteiger charge is 2.30. The van der Waals surface area contributed by atoms with Gasteiger partial charge >= 0.3 is 0 Å². The zero-order chi connectivity index (χ0) is 11.8. The van der Waals surface area contributed by atoms with Crippen LogP contribution in [0.3, 0.4) is 0 Å². The van der Waals surface area contributed by atoms with Gasteiger partial charge in [-0.25, -0.2) is 4.98 Å². The van der Waals surface area contributed by atoms with Crippen molar-refractivity contribution in [1.82, 2.24) is 19.3 Å². The summed E-state index contributed by atoms with van der Waals surface area (Å²) in [4.78, 5) is 16.0. The Morgan fingerprint density at radius 1 is 1.53 bits per heavy atom. The summed E-state index contributed by atoms with van der Waals surface area (Å²) in [6.07, 6.45) is 7.45. The van der Waals surface area contributed by atoms with E-state index in [-0.39, 0.29) is 11.7 Å². The Labute approximate surface area is 99.1 Å². The van der Waals surface area contributed by atoms with Crippen molar-refractivity contribution in [2.24, 2.45) is 13.0 Å². The van der Waals surface area contributed by atoms with E-state index in [0.29, 0.717) is 6.54 Å². The van der Waals surface area contributed by atoms with Crippen LogP contribution in [0.5, 0.6) is 0 Å². The Morgan fingerprint density at radius 2 is 2.35 bits per heavy atom. The second-order valence-corrected chi connectivity index (χ2v) is 4.51. The highest BCUT2D eigenvalue weighted by molar-refractivity contribution is 5.99. The van der Waals surface area contributed by atoms with Crippen LogP contribution in [-0.2, 0) is 13.6 Å². The van der Waals surface area contributed by atoms with Crippen LogP contribution in [0, 0.1) is 5.92 Å². The number of Topliss-reactive ketones (excluding diaryl/α,β-unsaturated/α-hetero) is 1. The third-order valence-electron chi connectivity index (χ3n) is 3.11. The zero-order valence-electron chi connectivity index (χ0n) is 9.71. The van der Waals surface area contributed by atoms with Gasteiger partial charge < -0.3 is 4.57 Å². The lowest BCUT2D eigenvalue weighted by Gasteiger charge is -2.01. The third kappa shape index (κ3) is 2.00. The summed E-state index contributed by atoms with van der Waals surface area (Å²) in [6.45, 7) is 0.647. The molecular formula is C12H14N4O. The van der Waals surface area contributed by atoms with Gasteiger partial charge in [-0.05, 0) is 18.9 Å². The molecule has 0 aliphatic heterocycles. The first kappa shape index (κ1) is 10.3. The first-order valence-electron chi connectivity index (χ1n) is 5.77. The highest BCUT2D eigenvalue weighted by atomic mass is 16.1. The molecule has 0 saturated heterocycles. The Kier molecular flexibility index (Phi) is 2.31. The lowest BCUT2D eigenvalue weighted by Crippen LogP contribution is -2.05. The van der Waals surface area contributed by atoms with Crippen LogP contribution < -0.4 is 0 Å². The predicted octanol–water partition coefficient (Wildman–Crippen LogP) is 1.26. The quantitative estimate of drug-likeness (QED) is 0.743. The van der Waals surface area contributed by atoms with Crippen LogP contribution in [0.25, 0.3) is 0 Å². The van der Waals surface area contributed by atoms with Gasteiger partial charge in [-0.3, -0.25) is 9.48 Å². The third-order valence-corrected chi connectivity index (χ3v) is 3.11. The van der Waals surface area contributed by atoms with Crippen molar-refractivity contribution in [3.05, 3.63) is 36.2 Å². The van der Waals surface area contributed by atoms with E-state index in [1.54, 1.807) is 4.68 Å². The van der Waals surface area contributed by atoms with E-state index in [9.17, 15) is 4.79 Å². The van der Waals surface area contributed by atoms with E-state index < -0.39 is 0 Å². The normalized spacial score (nSPS) is 15.1. The van der Waals surface area contributed by atoms with Gasteiger partial charge in [0, 0.05) is 30.9 Å². The summed E-state index contributed by atoms with van der Waals surface area (Å²) in [5.41, 5.74) is 0.815. The predicted molar refractivity (Wildman–Crippen MR) is 61.6 cm³/mol. The molecule has 0 atom stereocenters. The van der Waals surface area contributed by atoms with Crippen molar-refractivity contribution >= 4 is 5.78 Å². The Balaban J connectivity index is 1.76. The van der Waals surface area contributed by atoms with Crippen molar-refractivity contribution in [3.8, 4) is 0 Å². The highest BCUT2D eigenvalue weighted by Crippen LogP contribution is 2.32. The molecule has 1 fully saturated rings. The Morgan fingerprint density at radius 3 is 3.00 bits per heavy atom. The van der Waals surface area contributed by atoms with Gasteiger partial charge in [-0.2, -0.15) is 5.10 Å². The van der Waals surface area contributed by atoms with Gasteiger partial charge in [0.05, 0.1) is 6.54 Å². The minimum Gasteiger partial charge on any atom is -0.346 e. The average Bonchev–Trinajstić information content (AvgIpc) is 2.95. The number of carbonyl (C=O) groups excluding carboxylic acids is 1. The molecule has 88 valence electrons. The maximum Gasteiger partial charge on any atom is 0.167 e. The molecule has 0 spiro atoms. The molecule has 1 aliphatic carbocycles. The minimum absolute atomic E-state index is 0.278. The molecule has 17 heavy (non-hydrogen) atoms. The van der Waals surface area contributed by atoms with Crippen LogP contribution in [0.15, 0.2) is 24.8 Å². The molecule has 0 N–H and O–H groups in total. The van der Waals surface area contributed by atoms with Crippen LogP contribution in [-0.4, -0.2) is 25.1 Å². The molecule has 3 rings (SSSR count). The number of aromatic nitrogens is 4. The Hall–Kier alpha value is -1.91. The van der Waals surface area contributed by atoms with Crippen molar-refractivity contribution in [1.29, 1.82) is 0 Å². The topological polar surface area (TPSA) is 52.7 Å². The molecular weight excluding hydrogens is 216 g/mol. The van der Waals surface area contributed by atoms with E-state index in [2.05, 4.69) is 10.1 Å². The number of aryl methyl sites for hydroxylation is 1. The van der Waals surface area contributed by atoms with Gasteiger partial charge in [0.25, 0.3) is 0 Å². The van der Waals surface area contributed by atoms with Crippen molar-refractivity contribution in [2.45, 2.75) is 19.4 Å². The fourth-order valence-electron chi connectivity index (χ4n) is 1.89. The average molecular weight is 230 g/mol. The molecule has 5 nitrogen and oxygen atoms in total. The lowest BCUT2D eigenvalue weighted by molar-refractivity contribution is 0.0967. The number of nitrogens with zero attached hydrogens (tertiary/aromatic N) is 4. The first-order valence-corrected chi connectivity index (χ1v) is 5.77. The molecule has 0 unspecified atom stereocenters. The summed E-state index contributed by atoms with van der Waals surface area (Å²) in [5.74, 6) is 1.44. The molecule has 0 bridgehead atoms. The summed E-state index contributed by atoms with van der Waals surface area (Å²) in [6, 6.07) is 1.89. The van der Waals surface area contributed by atoms with Gasteiger partial charge in [0.1, 0.15) is 12.2 Å². The van der Waals surface area contributed by atoms with E-state index in [1.807, 2.05) is 30.1 Å². The minimum atomic E-state index is 0.278. The molecule has 2 aromatic heterocycles. The fraction of sp³-hybridized carbons (Fsp3) is 0.417. The molecule has 2 heterocycles. The van der Waals surface area contributed by atoms with E-state index in [0.717, 1.165) is 24.2 Å². The standard InChI is InChI=1S/C12H14N4O/c1-15-11(13-8-14-15)7-16-5-4-10(6-16)12(17)9-2-3-9/h4-6,8-9H,2-3,7H2,1H3. The molecule has 0 amide bonds. The van der Waals surface area contributed by atoms with Crippen molar-refractivity contribution < 1.29 is 4.79 Å². The van der Waals surface area contributed by atoms with Crippen LogP contribution in [0.1, 0.15) is 29.0 Å². The molecule has 1 saturated carbocycles. The molecule has 5 heteroatoms. The summed E-state index contributed by atoms with van der Waals surface area (Å²) in [5, 5.41) is 4.02. The van der Waals surface area contributed by atoms with Crippen molar-refractivity contribution in [2.75, 3.05) is 0 Å². The van der Waals surface area contributed by atoms with Gasteiger partial charge in [-0.1, -0.05) is 0 Å². The number of carbonyl (C=O) groups is 1. The smallest absolute Gasteiger partial charge is 0.167 e. The summed E-state index contributed by atoms with van der Waals surface area (Å²) in [7, 11) is 1.86. The van der Waals surface area contributed by atoms with Gasteiger partial charge in [0.2, 0.25) is 0 Å². The summed E-state index contributed by atoms with van der Waals surface area (Å²) < 4.78 is 3.71. The number of ketones is 1. The van der Waals surface area contributed by atoms with Crippen LogP contribution in [0.4, 0.5) is 0 Å². The fourth-order valence-corrected chi connectivity index (χ4v) is 1.89. The molecule has 0 radical (unpaired) electrons. The van der Waals surface area contributed by atoms with E-state index in [4.69, 9.17) is 0 Å². The second kappa shape index (κ2) is 3.84. The maximum atomic E-state index is 11.8. The molecule has 0 aromatic carbocycles. The lowest BCUT2D eigenvalue weighted by atomic mass is 10.1. The van der Waals surface area contributed by atoms with Crippen molar-refractivity contribution in [3.63, 3.8) is 0 Å². The number of hydrogen-bond acceptors (Lipinski definition) is 3. The van der Waals surface area contributed by atoms with Crippen LogP contribution in [0.2, 0.25) is 0 Å². The number of rotatable bonds is 4. The number of hydrogen-bond donors (Lipinski definition) is 0. The zero-order valence-corrected chi connectivity index (χ0v) is 9.71. The van der Waals surface area contributed by atoms with E-state index in [1.165, 1.54) is 6.33 Å². The SMILES string of the molecule is Cn1ncnc1Cn1ccc(C(=O)C2CC2)c1. The van der Waals surface area contributed by atoms with Gasteiger partial charge in [0.15, 0.2) is 5.78 Å². The van der Waals surface area contributed by atoms with E-state index >= 15 is 0 Å². The first-order chi connectivity index (χ1) is 8.24. The Bertz CT molecular complexity index is 550. The summed E-state index contributed by atoms with van der Waals surface area (Å²) >= 11 is 0. The second-order valence-electron chi connectivity index (χ2n) is 4.51. The largest absolute Gasteiger partial charge is 0.346 e. The maximum absolute atomic E-state index is 11.8. The van der Waals surface area contributed by atoms with Crippen LogP contribution >= 0.6 is 0 Å². The molecule has 2 aromatic rings.